The SMILES string of the molecule is Cl.Cn1c(CCCCN2C[C@@H]3C[C@]3(c3ccc(C(F)(F)F)cc3)C2)nnc1SCC1CC1. The molecule has 0 unspecified atom stereocenters. The maximum Gasteiger partial charge on any atom is 0.416 e. The van der Waals surface area contributed by atoms with Gasteiger partial charge < -0.3 is 9.47 Å². The van der Waals surface area contributed by atoms with Gasteiger partial charge in [0.15, 0.2) is 5.16 Å². The molecule has 0 amide bonds. The lowest BCUT2D eigenvalue weighted by molar-refractivity contribution is -0.137. The van der Waals surface area contributed by atoms with Gasteiger partial charge in [-0.3, -0.25) is 0 Å². The highest BCUT2D eigenvalue weighted by molar-refractivity contribution is 7.99. The van der Waals surface area contributed by atoms with Crippen molar-refractivity contribution in [2.24, 2.45) is 18.9 Å². The first-order chi connectivity index (χ1) is 14.8. The van der Waals surface area contributed by atoms with Crippen molar-refractivity contribution in [2.75, 3.05) is 25.4 Å². The van der Waals surface area contributed by atoms with Crippen LogP contribution in [0.25, 0.3) is 0 Å². The number of hydrogen-bond donors (Lipinski definition) is 0. The first-order valence-electron chi connectivity index (χ1n) is 11.3. The normalized spacial score (nSPS) is 24.9. The van der Waals surface area contributed by atoms with E-state index in [1.54, 1.807) is 12.1 Å². The molecule has 176 valence electrons. The van der Waals surface area contributed by atoms with Crippen LogP contribution in [0.4, 0.5) is 13.2 Å². The minimum Gasteiger partial charge on any atom is -0.309 e. The van der Waals surface area contributed by atoms with Gasteiger partial charge in [-0.1, -0.05) is 23.9 Å². The highest BCUT2D eigenvalue weighted by Crippen LogP contribution is 2.59. The number of unbranched alkanes of at least 4 members (excludes halogenated alkanes) is 1. The number of piperidine rings is 1. The van der Waals surface area contributed by atoms with Crippen molar-refractivity contribution in [2.45, 2.75) is 55.3 Å². The number of thioether (sulfide) groups is 1. The van der Waals surface area contributed by atoms with E-state index >= 15 is 0 Å². The molecule has 2 saturated carbocycles. The van der Waals surface area contributed by atoms with Crippen molar-refractivity contribution >= 4 is 24.2 Å². The molecular formula is C23H30ClF3N4S. The topological polar surface area (TPSA) is 34.0 Å². The summed E-state index contributed by atoms with van der Waals surface area (Å²) >= 11 is 1.82. The van der Waals surface area contributed by atoms with E-state index in [4.69, 9.17) is 0 Å². The fourth-order valence-corrected chi connectivity index (χ4v) is 6.09. The fourth-order valence-electron chi connectivity index (χ4n) is 4.98. The van der Waals surface area contributed by atoms with Gasteiger partial charge in [0.25, 0.3) is 0 Å². The molecule has 1 saturated heterocycles. The largest absolute Gasteiger partial charge is 0.416 e. The van der Waals surface area contributed by atoms with Crippen molar-refractivity contribution in [3.05, 3.63) is 41.2 Å². The molecule has 3 fully saturated rings. The molecule has 0 N–H and O–H groups in total. The second-order valence-electron chi connectivity index (χ2n) is 9.54. The smallest absolute Gasteiger partial charge is 0.309 e. The van der Waals surface area contributed by atoms with Crippen LogP contribution in [0.15, 0.2) is 29.4 Å². The van der Waals surface area contributed by atoms with Gasteiger partial charge in [0.05, 0.1) is 5.56 Å². The summed E-state index contributed by atoms with van der Waals surface area (Å²) in [7, 11) is 2.06. The van der Waals surface area contributed by atoms with Gasteiger partial charge in [0.1, 0.15) is 5.82 Å². The molecule has 1 aliphatic heterocycles. The Morgan fingerprint density at radius 1 is 1.12 bits per heavy atom. The molecule has 0 bridgehead atoms. The van der Waals surface area contributed by atoms with Crippen LogP contribution in [-0.4, -0.2) is 45.1 Å². The molecule has 32 heavy (non-hydrogen) atoms. The zero-order chi connectivity index (χ0) is 21.6. The number of rotatable bonds is 9. The summed E-state index contributed by atoms with van der Waals surface area (Å²) in [5.74, 6) is 3.68. The van der Waals surface area contributed by atoms with Crippen LogP contribution in [0.5, 0.6) is 0 Å². The van der Waals surface area contributed by atoms with E-state index < -0.39 is 11.7 Å². The van der Waals surface area contributed by atoms with Crippen LogP contribution in [0, 0.1) is 11.8 Å². The van der Waals surface area contributed by atoms with E-state index in [-0.39, 0.29) is 17.8 Å². The van der Waals surface area contributed by atoms with E-state index in [1.165, 1.54) is 25.0 Å². The quantitative estimate of drug-likeness (QED) is 0.353. The van der Waals surface area contributed by atoms with Crippen molar-refractivity contribution in [1.82, 2.24) is 19.7 Å². The number of alkyl halides is 3. The number of fused-ring (bicyclic) bond motifs is 1. The number of benzene rings is 1. The Kier molecular flexibility index (Phi) is 6.86. The lowest BCUT2D eigenvalue weighted by Crippen LogP contribution is -2.27. The average molecular weight is 487 g/mol. The predicted molar refractivity (Wildman–Crippen MR) is 122 cm³/mol. The van der Waals surface area contributed by atoms with E-state index in [1.807, 2.05) is 11.8 Å². The number of halogens is 4. The van der Waals surface area contributed by atoms with Crippen molar-refractivity contribution in [3.8, 4) is 0 Å². The Balaban J connectivity index is 0.00000245. The highest BCUT2D eigenvalue weighted by Gasteiger charge is 2.60. The van der Waals surface area contributed by atoms with Crippen molar-refractivity contribution in [1.29, 1.82) is 0 Å². The monoisotopic (exact) mass is 486 g/mol. The first kappa shape index (κ1) is 23.9. The number of likely N-dealkylation sites (tertiary alicyclic amines) is 1. The Morgan fingerprint density at radius 2 is 1.88 bits per heavy atom. The average Bonchev–Trinajstić information content (AvgIpc) is 3.64. The molecule has 9 heteroatoms. The number of aromatic nitrogens is 3. The zero-order valence-electron chi connectivity index (χ0n) is 18.3. The van der Waals surface area contributed by atoms with Gasteiger partial charge in [0.2, 0.25) is 0 Å². The van der Waals surface area contributed by atoms with Crippen molar-refractivity contribution < 1.29 is 13.2 Å². The third-order valence-electron chi connectivity index (χ3n) is 7.20. The van der Waals surface area contributed by atoms with Gasteiger partial charge in [-0.2, -0.15) is 13.2 Å². The van der Waals surface area contributed by atoms with Crippen LogP contribution in [-0.2, 0) is 25.1 Å². The van der Waals surface area contributed by atoms with E-state index in [9.17, 15) is 13.2 Å². The Morgan fingerprint density at radius 3 is 2.56 bits per heavy atom. The van der Waals surface area contributed by atoms with Gasteiger partial charge in [0, 0.05) is 37.7 Å². The molecule has 0 spiro atoms. The number of aryl methyl sites for hydroxylation is 1. The first-order valence-corrected chi connectivity index (χ1v) is 12.2. The van der Waals surface area contributed by atoms with Gasteiger partial charge in [-0.05, 0) is 68.2 Å². The van der Waals surface area contributed by atoms with E-state index in [2.05, 4.69) is 26.7 Å². The summed E-state index contributed by atoms with van der Waals surface area (Å²) in [6.07, 6.45) is 2.68. The maximum absolute atomic E-state index is 12.8. The molecule has 2 aliphatic carbocycles. The van der Waals surface area contributed by atoms with Gasteiger partial charge >= 0.3 is 6.18 Å². The number of nitrogens with zero attached hydrogens (tertiary/aromatic N) is 4. The highest BCUT2D eigenvalue weighted by atomic mass is 35.5. The molecule has 4 nitrogen and oxygen atoms in total. The van der Waals surface area contributed by atoms with Crippen LogP contribution in [0.3, 0.4) is 0 Å². The van der Waals surface area contributed by atoms with Crippen molar-refractivity contribution in [3.63, 3.8) is 0 Å². The maximum atomic E-state index is 12.8. The number of hydrogen-bond acceptors (Lipinski definition) is 4. The van der Waals surface area contributed by atoms with E-state index in [0.717, 1.165) is 73.5 Å². The van der Waals surface area contributed by atoms with Crippen LogP contribution in [0.1, 0.15) is 49.1 Å². The molecular weight excluding hydrogens is 457 g/mol. The lowest BCUT2D eigenvalue weighted by atomic mass is 9.94. The summed E-state index contributed by atoms with van der Waals surface area (Å²) in [4.78, 5) is 2.49. The molecule has 0 radical (unpaired) electrons. The second-order valence-corrected chi connectivity index (χ2v) is 10.5. The molecule has 2 heterocycles. The summed E-state index contributed by atoms with van der Waals surface area (Å²) in [6, 6.07) is 5.86. The molecule has 2 atom stereocenters. The lowest BCUT2D eigenvalue weighted by Gasteiger charge is -2.21. The molecule has 1 aromatic heterocycles. The summed E-state index contributed by atoms with van der Waals surface area (Å²) in [5.41, 5.74) is 0.599. The standard InChI is InChI=1S/C23H29F3N4S.ClH/c1-29-20(27-28-21(29)31-14-16-5-6-16)4-2-3-11-30-13-19-12-22(19,15-30)17-7-9-18(10-8-17)23(24,25)26;/h7-10,16,19H,2-6,11-15H2,1H3;1H/t19-,22+;/m0./s1. The van der Waals surface area contributed by atoms with E-state index in [0.29, 0.717) is 5.92 Å². The van der Waals surface area contributed by atoms with Crippen LogP contribution >= 0.6 is 24.2 Å². The third-order valence-corrected chi connectivity index (χ3v) is 8.45. The van der Waals surface area contributed by atoms with Crippen LogP contribution < -0.4 is 0 Å². The summed E-state index contributed by atoms with van der Waals surface area (Å²) in [6.45, 7) is 3.07. The Bertz CT molecular complexity index is 928. The summed E-state index contributed by atoms with van der Waals surface area (Å²) in [5, 5.41) is 9.75. The molecule has 1 aromatic carbocycles. The summed E-state index contributed by atoms with van der Waals surface area (Å²) < 4.78 is 40.7. The predicted octanol–water partition coefficient (Wildman–Crippen LogP) is 5.35. The Hall–Kier alpha value is -1.25. The Labute approximate surface area is 197 Å². The fraction of sp³-hybridized carbons (Fsp3) is 0.652. The second kappa shape index (κ2) is 9.18. The van der Waals surface area contributed by atoms with Crippen LogP contribution in [0.2, 0.25) is 0 Å². The minimum absolute atomic E-state index is 0. The van der Waals surface area contributed by atoms with Gasteiger partial charge in [-0.15, -0.1) is 22.6 Å². The van der Waals surface area contributed by atoms with Gasteiger partial charge in [-0.25, -0.2) is 0 Å². The zero-order valence-corrected chi connectivity index (χ0v) is 19.9. The third kappa shape index (κ3) is 4.97. The molecule has 5 rings (SSSR count). The molecule has 2 aromatic rings. The minimum atomic E-state index is -4.26. The molecule has 3 aliphatic rings.